The molecule has 0 radical (unpaired) electrons. The van der Waals surface area contributed by atoms with Gasteiger partial charge in [0, 0.05) is 12.6 Å². The molecule has 14 heavy (non-hydrogen) atoms. The van der Waals surface area contributed by atoms with Crippen LogP contribution in [-0.2, 0) is 4.74 Å². The van der Waals surface area contributed by atoms with Gasteiger partial charge in [0.25, 0.3) is 0 Å². The van der Waals surface area contributed by atoms with E-state index in [-0.39, 0.29) is 19.3 Å². The zero-order valence-corrected chi connectivity index (χ0v) is 8.90. The van der Waals surface area contributed by atoms with Crippen LogP contribution in [0, 0.1) is 5.92 Å². The van der Waals surface area contributed by atoms with Crippen LogP contribution in [0.4, 0.5) is 4.79 Å². The molecule has 0 heterocycles. The molecule has 0 aliphatic heterocycles. The molecular formula is C10H19NO3. The predicted octanol–water partition coefficient (Wildman–Crippen LogP) is 1.24. The minimum absolute atomic E-state index is 0.0974. The molecular weight excluding hydrogens is 182 g/mol. The topological polar surface area (TPSA) is 49.8 Å². The van der Waals surface area contributed by atoms with Crippen molar-refractivity contribution in [2.45, 2.75) is 32.7 Å². The van der Waals surface area contributed by atoms with E-state index in [1.807, 2.05) is 0 Å². The van der Waals surface area contributed by atoms with Gasteiger partial charge in [-0.15, -0.1) is 0 Å². The van der Waals surface area contributed by atoms with Gasteiger partial charge in [-0.2, -0.15) is 0 Å². The van der Waals surface area contributed by atoms with E-state index in [1.54, 1.807) is 4.90 Å². The molecule has 0 saturated heterocycles. The summed E-state index contributed by atoms with van der Waals surface area (Å²) in [7, 11) is 0. The average molecular weight is 201 g/mol. The molecule has 1 N–H and O–H groups in total. The number of rotatable bonds is 5. The summed E-state index contributed by atoms with van der Waals surface area (Å²) in [5, 5.41) is 8.54. The van der Waals surface area contributed by atoms with Gasteiger partial charge in [-0.25, -0.2) is 4.79 Å². The first-order valence-electron chi connectivity index (χ1n) is 5.19. The van der Waals surface area contributed by atoms with Crippen molar-refractivity contribution in [1.29, 1.82) is 0 Å². The first-order valence-corrected chi connectivity index (χ1v) is 5.19. The molecule has 4 nitrogen and oxygen atoms in total. The van der Waals surface area contributed by atoms with Crippen molar-refractivity contribution in [2.75, 3.05) is 19.8 Å². The van der Waals surface area contributed by atoms with Crippen LogP contribution in [0.1, 0.15) is 26.7 Å². The second-order valence-corrected chi connectivity index (χ2v) is 4.12. The van der Waals surface area contributed by atoms with Crippen LogP contribution in [0.3, 0.4) is 0 Å². The van der Waals surface area contributed by atoms with Gasteiger partial charge in [-0.1, -0.05) is 13.8 Å². The molecule has 0 atom stereocenters. The molecule has 1 amide bonds. The summed E-state index contributed by atoms with van der Waals surface area (Å²) < 4.78 is 4.89. The van der Waals surface area contributed by atoms with E-state index < -0.39 is 0 Å². The summed E-state index contributed by atoms with van der Waals surface area (Å²) in [4.78, 5) is 13.3. The highest BCUT2D eigenvalue weighted by Gasteiger charge is 2.33. The molecule has 0 aromatic heterocycles. The summed E-state index contributed by atoms with van der Waals surface area (Å²) in [5.74, 6) is 0.456. The first-order chi connectivity index (χ1) is 6.65. The van der Waals surface area contributed by atoms with Crippen molar-refractivity contribution in [3.63, 3.8) is 0 Å². The predicted molar refractivity (Wildman–Crippen MR) is 53.0 cm³/mol. The minimum atomic E-state index is -0.282. The monoisotopic (exact) mass is 201 g/mol. The third-order valence-corrected chi connectivity index (χ3v) is 2.10. The maximum absolute atomic E-state index is 11.5. The van der Waals surface area contributed by atoms with E-state index in [0.29, 0.717) is 12.0 Å². The normalized spacial score (nSPS) is 15.7. The molecule has 0 aromatic carbocycles. The summed E-state index contributed by atoms with van der Waals surface area (Å²) >= 11 is 0. The van der Waals surface area contributed by atoms with Gasteiger partial charge in [-0.3, -0.25) is 0 Å². The van der Waals surface area contributed by atoms with Crippen LogP contribution in [-0.4, -0.2) is 41.9 Å². The number of carbonyl (C=O) groups is 1. The van der Waals surface area contributed by atoms with Gasteiger partial charge in [0.05, 0.1) is 6.61 Å². The third kappa shape index (κ3) is 3.54. The first kappa shape index (κ1) is 11.3. The Morgan fingerprint density at radius 2 is 2.21 bits per heavy atom. The van der Waals surface area contributed by atoms with Crippen LogP contribution in [0.2, 0.25) is 0 Å². The van der Waals surface area contributed by atoms with E-state index in [4.69, 9.17) is 9.84 Å². The Morgan fingerprint density at radius 3 is 2.64 bits per heavy atom. The lowest BCUT2D eigenvalue weighted by atomic mass is 10.2. The van der Waals surface area contributed by atoms with Crippen molar-refractivity contribution in [2.24, 2.45) is 5.92 Å². The van der Waals surface area contributed by atoms with Gasteiger partial charge in [0.1, 0.15) is 6.61 Å². The van der Waals surface area contributed by atoms with E-state index in [9.17, 15) is 4.79 Å². The number of ether oxygens (including phenoxy) is 1. The smallest absolute Gasteiger partial charge is 0.410 e. The lowest BCUT2D eigenvalue weighted by Crippen LogP contribution is -2.36. The third-order valence-electron chi connectivity index (χ3n) is 2.10. The molecule has 0 spiro atoms. The van der Waals surface area contributed by atoms with Gasteiger partial charge < -0.3 is 14.7 Å². The Morgan fingerprint density at radius 1 is 1.57 bits per heavy atom. The standard InChI is InChI=1S/C10H19NO3/c1-8(2)7-11(9-3-4-9)10(13)14-6-5-12/h8-9,12H,3-7H2,1-2H3. The molecule has 4 heteroatoms. The second-order valence-electron chi connectivity index (χ2n) is 4.12. The highest BCUT2D eigenvalue weighted by atomic mass is 16.6. The highest BCUT2D eigenvalue weighted by molar-refractivity contribution is 5.68. The number of nitrogens with zero attached hydrogens (tertiary/aromatic N) is 1. The number of aliphatic hydroxyl groups excluding tert-OH is 1. The number of aliphatic hydroxyl groups is 1. The Labute approximate surface area is 84.8 Å². The fraction of sp³-hybridized carbons (Fsp3) is 0.900. The molecule has 1 fully saturated rings. The summed E-state index contributed by atoms with van der Waals surface area (Å²) in [5.41, 5.74) is 0. The Hall–Kier alpha value is -0.770. The Bertz CT molecular complexity index is 190. The van der Waals surface area contributed by atoms with Crippen molar-refractivity contribution in [3.05, 3.63) is 0 Å². The Kier molecular flexibility index (Phi) is 4.20. The van der Waals surface area contributed by atoms with Crippen molar-refractivity contribution in [3.8, 4) is 0 Å². The quantitative estimate of drug-likeness (QED) is 0.728. The number of carbonyl (C=O) groups excluding carboxylic acids is 1. The average Bonchev–Trinajstić information content (AvgIpc) is 2.93. The molecule has 0 bridgehead atoms. The fourth-order valence-corrected chi connectivity index (χ4v) is 1.37. The lowest BCUT2D eigenvalue weighted by Gasteiger charge is -2.23. The number of hydrogen-bond acceptors (Lipinski definition) is 3. The molecule has 0 aromatic rings. The van der Waals surface area contributed by atoms with Gasteiger partial charge in [0.15, 0.2) is 0 Å². The summed E-state index contributed by atoms with van der Waals surface area (Å²) in [6.45, 7) is 4.89. The van der Waals surface area contributed by atoms with Crippen molar-refractivity contribution >= 4 is 6.09 Å². The Balaban J connectivity index is 2.36. The molecule has 82 valence electrons. The van der Waals surface area contributed by atoms with Gasteiger partial charge in [0.2, 0.25) is 0 Å². The largest absolute Gasteiger partial charge is 0.447 e. The molecule has 1 aliphatic carbocycles. The summed E-state index contributed by atoms with van der Waals surface area (Å²) in [6, 6.07) is 0.378. The van der Waals surface area contributed by atoms with Gasteiger partial charge >= 0.3 is 6.09 Å². The lowest BCUT2D eigenvalue weighted by molar-refractivity contribution is 0.0784. The number of amides is 1. The molecule has 0 unspecified atom stereocenters. The van der Waals surface area contributed by atoms with Crippen LogP contribution >= 0.6 is 0 Å². The van der Waals surface area contributed by atoms with Crippen LogP contribution in [0.5, 0.6) is 0 Å². The summed E-state index contributed by atoms with van der Waals surface area (Å²) in [6.07, 6.45) is 1.89. The van der Waals surface area contributed by atoms with Gasteiger partial charge in [-0.05, 0) is 18.8 Å². The number of hydrogen-bond donors (Lipinski definition) is 1. The maximum atomic E-state index is 11.5. The van der Waals surface area contributed by atoms with E-state index in [2.05, 4.69) is 13.8 Å². The van der Waals surface area contributed by atoms with E-state index in [1.165, 1.54) is 0 Å². The zero-order valence-electron chi connectivity index (χ0n) is 8.90. The molecule has 1 saturated carbocycles. The van der Waals surface area contributed by atoms with Crippen LogP contribution in [0.25, 0.3) is 0 Å². The second kappa shape index (κ2) is 5.20. The van der Waals surface area contributed by atoms with E-state index in [0.717, 1.165) is 19.4 Å². The van der Waals surface area contributed by atoms with Crippen LogP contribution in [0.15, 0.2) is 0 Å². The van der Waals surface area contributed by atoms with Crippen molar-refractivity contribution < 1.29 is 14.6 Å². The molecule has 1 aliphatic rings. The zero-order chi connectivity index (χ0) is 10.6. The molecule has 1 rings (SSSR count). The fourth-order valence-electron chi connectivity index (χ4n) is 1.37. The van der Waals surface area contributed by atoms with Crippen LogP contribution < -0.4 is 0 Å². The van der Waals surface area contributed by atoms with Crippen molar-refractivity contribution in [1.82, 2.24) is 4.90 Å². The maximum Gasteiger partial charge on any atom is 0.410 e. The highest BCUT2D eigenvalue weighted by Crippen LogP contribution is 2.28. The minimum Gasteiger partial charge on any atom is -0.447 e. The SMILES string of the molecule is CC(C)CN(C(=O)OCCO)C1CC1. The van der Waals surface area contributed by atoms with E-state index >= 15 is 0 Å².